The molecule has 2 rings (SSSR count). The van der Waals surface area contributed by atoms with Gasteiger partial charge in [-0.15, -0.1) is 0 Å². The van der Waals surface area contributed by atoms with Crippen LogP contribution >= 0.6 is 0 Å². The van der Waals surface area contributed by atoms with Gasteiger partial charge < -0.3 is 11.1 Å². The summed E-state index contributed by atoms with van der Waals surface area (Å²) >= 11 is 0. The maximum atomic E-state index is 11.0. The van der Waals surface area contributed by atoms with Crippen LogP contribution in [0, 0.1) is 6.92 Å². The van der Waals surface area contributed by atoms with Crippen LogP contribution in [0.1, 0.15) is 5.69 Å². The van der Waals surface area contributed by atoms with Gasteiger partial charge in [-0.2, -0.15) is 0 Å². The Balaban J connectivity index is 2.35. The summed E-state index contributed by atoms with van der Waals surface area (Å²) in [5.74, 6) is 0.635. The first kappa shape index (κ1) is 12.8. The molecule has 1 aromatic carbocycles. The van der Waals surface area contributed by atoms with Crippen LogP contribution in [0.15, 0.2) is 24.4 Å². The van der Waals surface area contributed by atoms with E-state index in [1.165, 1.54) is 0 Å². The zero-order chi connectivity index (χ0) is 13.1. The van der Waals surface area contributed by atoms with Crippen LogP contribution in [0.3, 0.4) is 0 Å². The molecule has 0 amide bonds. The molecule has 3 N–H and O–H groups in total. The summed E-state index contributed by atoms with van der Waals surface area (Å²) in [6, 6.07) is 5.83. The van der Waals surface area contributed by atoms with E-state index in [0.29, 0.717) is 12.3 Å². The Bertz CT molecular complexity index is 598. The molecule has 0 fully saturated rings. The fourth-order valence-corrected chi connectivity index (χ4v) is 2.24. The smallest absolute Gasteiger partial charge is 0.0422 e. The molecule has 5 heteroatoms. The van der Waals surface area contributed by atoms with E-state index in [4.69, 9.17) is 5.73 Å². The number of fused-ring (bicyclic) bond motifs is 1. The van der Waals surface area contributed by atoms with Gasteiger partial charge in [0, 0.05) is 63.4 Å². The van der Waals surface area contributed by atoms with Gasteiger partial charge >= 0.3 is 0 Å². The Morgan fingerprint density at radius 3 is 2.89 bits per heavy atom. The second kappa shape index (κ2) is 5.35. The summed E-state index contributed by atoms with van der Waals surface area (Å²) in [4.78, 5) is 4.26. The lowest BCUT2D eigenvalue weighted by Crippen LogP contribution is -2.10. The van der Waals surface area contributed by atoms with Crippen molar-refractivity contribution in [3.05, 3.63) is 30.1 Å². The SMILES string of the molecule is Cc1cc2c(NCCS(C)=O)ccc(N)c2cn1. The van der Waals surface area contributed by atoms with E-state index in [1.54, 1.807) is 12.5 Å². The summed E-state index contributed by atoms with van der Waals surface area (Å²) < 4.78 is 11.0. The number of pyridine rings is 1. The van der Waals surface area contributed by atoms with Crippen molar-refractivity contribution in [1.29, 1.82) is 0 Å². The topological polar surface area (TPSA) is 68.0 Å². The lowest BCUT2D eigenvalue weighted by Gasteiger charge is -2.11. The molecule has 0 aliphatic rings. The van der Waals surface area contributed by atoms with Gasteiger partial charge in [0.1, 0.15) is 0 Å². The Hall–Kier alpha value is -1.62. The summed E-state index contributed by atoms with van der Waals surface area (Å²) in [5, 5.41) is 5.30. The number of hydrogen-bond acceptors (Lipinski definition) is 4. The van der Waals surface area contributed by atoms with E-state index < -0.39 is 10.8 Å². The molecule has 96 valence electrons. The number of nitrogen functional groups attached to an aromatic ring is 1. The molecule has 0 radical (unpaired) electrons. The predicted octanol–water partition coefficient (Wildman–Crippen LogP) is 1.92. The van der Waals surface area contributed by atoms with E-state index in [-0.39, 0.29) is 0 Å². The van der Waals surface area contributed by atoms with Crippen LogP contribution in [-0.4, -0.2) is 27.7 Å². The molecular weight excluding hydrogens is 246 g/mol. The molecule has 1 unspecified atom stereocenters. The molecule has 2 aromatic rings. The number of nitrogens with two attached hydrogens (primary N) is 1. The minimum atomic E-state index is -0.781. The molecule has 0 saturated carbocycles. The van der Waals surface area contributed by atoms with Crippen molar-refractivity contribution in [3.63, 3.8) is 0 Å². The summed E-state index contributed by atoms with van der Waals surface area (Å²) in [7, 11) is -0.781. The van der Waals surface area contributed by atoms with Crippen molar-refractivity contribution in [2.24, 2.45) is 0 Å². The average molecular weight is 263 g/mol. The number of benzene rings is 1. The van der Waals surface area contributed by atoms with Crippen LogP contribution in [0.5, 0.6) is 0 Å². The van der Waals surface area contributed by atoms with Crippen LogP contribution < -0.4 is 11.1 Å². The van der Waals surface area contributed by atoms with E-state index >= 15 is 0 Å². The van der Waals surface area contributed by atoms with Crippen molar-refractivity contribution in [2.45, 2.75) is 6.92 Å². The minimum absolute atomic E-state index is 0.635. The fourth-order valence-electron chi connectivity index (χ4n) is 1.85. The van der Waals surface area contributed by atoms with Gasteiger partial charge in [-0.1, -0.05) is 0 Å². The number of anilines is 2. The highest BCUT2D eigenvalue weighted by molar-refractivity contribution is 7.84. The zero-order valence-electron chi connectivity index (χ0n) is 10.6. The first-order valence-electron chi connectivity index (χ1n) is 5.76. The largest absolute Gasteiger partial charge is 0.398 e. The molecule has 0 aliphatic heterocycles. The van der Waals surface area contributed by atoms with Crippen molar-refractivity contribution >= 4 is 32.9 Å². The normalized spacial score (nSPS) is 12.6. The molecule has 1 atom stereocenters. The Kier molecular flexibility index (Phi) is 3.81. The van der Waals surface area contributed by atoms with E-state index in [2.05, 4.69) is 10.3 Å². The molecule has 18 heavy (non-hydrogen) atoms. The lowest BCUT2D eigenvalue weighted by atomic mass is 10.1. The minimum Gasteiger partial charge on any atom is -0.398 e. The molecule has 0 aliphatic carbocycles. The second-order valence-corrected chi connectivity index (χ2v) is 5.83. The quantitative estimate of drug-likeness (QED) is 0.827. The van der Waals surface area contributed by atoms with Crippen molar-refractivity contribution in [2.75, 3.05) is 29.6 Å². The molecule has 1 heterocycles. The number of rotatable bonds is 4. The lowest BCUT2D eigenvalue weighted by molar-refractivity contribution is 0.687. The molecule has 0 saturated heterocycles. The van der Waals surface area contributed by atoms with E-state index in [1.807, 2.05) is 25.1 Å². The first-order chi connectivity index (χ1) is 8.58. The average Bonchev–Trinajstić information content (AvgIpc) is 2.31. The monoisotopic (exact) mass is 263 g/mol. The third kappa shape index (κ3) is 2.79. The predicted molar refractivity (Wildman–Crippen MR) is 78.3 cm³/mol. The maximum Gasteiger partial charge on any atom is 0.0422 e. The molecule has 4 nitrogen and oxygen atoms in total. The summed E-state index contributed by atoms with van der Waals surface area (Å²) in [5.41, 5.74) is 8.62. The number of nitrogens with one attached hydrogen (secondary N) is 1. The molecule has 1 aromatic heterocycles. The van der Waals surface area contributed by atoms with Crippen LogP contribution in [0.2, 0.25) is 0 Å². The molecule has 0 spiro atoms. The van der Waals surface area contributed by atoms with Crippen LogP contribution in [-0.2, 0) is 10.8 Å². The van der Waals surface area contributed by atoms with Crippen molar-refractivity contribution in [3.8, 4) is 0 Å². The Labute approximate surface area is 109 Å². The Morgan fingerprint density at radius 2 is 2.17 bits per heavy atom. The fraction of sp³-hybridized carbons (Fsp3) is 0.308. The number of nitrogens with zero attached hydrogens (tertiary/aromatic N) is 1. The maximum absolute atomic E-state index is 11.0. The van der Waals surface area contributed by atoms with E-state index in [9.17, 15) is 4.21 Å². The highest BCUT2D eigenvalue weighted by Gasteiger charge is 2.05. The van der Waals surface area contributed by atoms with Crippen molar-refractivity contribution < 1.29 is 4.21 Å². The van der Waals surface area contributed by atoms with E-state index in [0.717, 1.165) is 27.8 Å². The number of aromatic nitrogens is 1. The van der Waals surface area contributed by atoms with Gasteiger partial charge in [-0.05, 0) is 25.1 Å². The number of hydrogen-bond donors (Lipinski definition) is 2. The van der Waals surface area contributed by atoms with Crippen LogP contribution in [0.25, 0.3) is 10.8 Å². The molecular formula is C13H17N3OS. The second-order valence-electron chi connectivity index (χ2n) is 4.28. The zero-order valence-corrected chi connectivity index (χ0v) is 11.4. The van der Waals surface area contributed by atoms with Gasteiger partial charge in [0.05, 0.1) is 0 Å². The summed E-state index contributed by atoms with van der Waals surface area (Å²) in [6.45, 7) is 2.64. The number of aryl methyl sites for hydroxylation is 1. The third-order valence-corrected chi connectivity index (χ3v) is 3.56. The van der Waals surface area contributed by atoms with Gasteiger partial charge in [-0.3, -0.25) is 9.19 Å². The standard InChI is InChI=1S/C13H17N3OS/c1-9-7-10-11(8-16-9)12(14)3-4-13(10)15-5-6-18(2)17/h3-4,7-8,15H,5-6,14H2,1-2H3. The van der Waals surface area contributed by atoms with Gasteiger partial charge in [0.2, 0.25) is 0 Å². The first-order valence-corrected chi connectivity index (χ1v) is 7.49. The highest BCUT2D eigenvalue weighted by atomic mass is 32.2. The molecule has 0 bridgehead atoms. The third-order valence-electron chi connectivity index (χ3n) is 2.78. The van der Waals surface area contributed by atoms with Crippen molar-refractivity contribution in [1.82, 2.24) is 4.98 Å². The van der Waals surface area contributed by atoms with Gasteiger partial charge in [0.25, 0.3) is 0 Å². The summed E-state index contributed by atoms with van der Waals surface area (Å²) in [6.07, 6.45) is 3.50. The highest BCUT2D eigenvalue weighted by Crippen LogP contribution is 2.28. The van der Waals surface area contributed by atoms with Crippen LogP contribution in [0.4, 0.5) is 11.4 Å². The Morgan fingerprint density at radius 1 is 1.39 bits per heavy atom. The van der Waals surface area contributed by atoms with Gasteiger partial charge in [-0.25, -0.2) is 0 Å². The van der Waals surface area contributed by atoms with Gasteiger partial charge in [0.15, 0.2) is 0 Å².